The monoisotopic (exact) mass is 288 g/mol. The molecule has 2 aromatic rings. The Morgan fingerprint density at radius 3 is 2.71 bits per heavy atom. The standard InChI is InChI=1S/C14H20N6O/c1-15-14(17-7-8-21-2)18-9-12-3-5-13(6-4-12)20-11-16-10-19-20/h3-6,10-11H,7-9H2,1-2H3,(H2,15,17,18). The zero-order valence-corrected chi connectivity index (χ0v) is 12.3. The summed E-state index contributed by atoms with van der Waals surface area (Å²) in [5.74, 6) is 0.757. The zero-order chi connectivity index (χ0) is 14.9. The van der Waals surface area contributed by atoms with Gasteiger partial charge in [0.2, 0.25) is 0 Å². The van der Waals surface area contributed by atoms with Crippen molar-refractivity contribution in [2.75, 3.05) is 27.3 Å². The van der Waals surface area contributed by atoms with Gasteiger partial charge in [-0.1, -0.05) is 12.1 Å². The van der Waals surface area contributed by atoms with Crippen LogP contribution in [0.1, 0.15) is 5.56 Å². The van der Waals surface area contributed by atoms with Crippen molar-refractivity contribution in [1.82, 2.24) is 25.4 Å². The number of ether oxygens (including phenoxy) is 1. The van der Waals surface area contributed by atoms with Crippen LogP contribution in [0.5, 0.6) is 0 Å². The van der Waals surface area contributed by atoms with Crippen LogP contribution in [0, 0.1) is 0 Å². The molecule has 0 saturated carbocycles. The largest absolute Gasteiger partial charge is 0.383 e. The van der Waals surface area contributed by atoms with E-state index in [1.54, 1.807) is 25.2 Å². The molecule has 7 heteroatoms. The summed E-state index contributed by atoms with van der Waals surface area (Å²) in [6.45, 7) is 2.07. The first kappa shape index (κ1) is 15.0. The first-order chi connectivity index (χ1) is 10.3. The molecule has 0 bridgehead atoms. The van der Waals surface area contributed by atoms with E-state index in [9.17, 15) is 0 Å². The van der Waals surface area contributed by atoms with E-state index in [1.165, 1.54) is 6.33 Å². The number of benzene rings is 1. The molecule has 0 fully saturated rings. The summed E-state index contributed by atoms with van der Waals surface area (Å²) in [5, 5.41) is 10.5. The van der Waals surface area contributed by atoms with Gasteiger partial charge in [-0.3, -0.25) is 4.99 Å². The second kappa shape index (κ2) is 8.01. The highest BCUT2D eigenvalue weighted by atomic mass is 16.5. The average molecular weight is 288 g/mol. The number of guanidine groups is 1. The Bertz CT molecular complexity index is 549. The molecule has 0 aliphatic rings. The lowest BCUT2D eigenvalue weighted by molar-refractivity contribution is 0.203. The van der Waals surface area contributed by atoms with Gasteiger partial charge in [-0.2, -0.15) is 5.10 Å². The Kier molecular flexibility index (Phi) is 5.71. The van der Waals surface area contributed by atoms with Crippen molar-refractivity contribution in [3.63, 3.8) is 0 Å². The molecule has 0 spiro atoms. The molecule has 0 unspecified atom stereocenters. The second-order valence-corrected chi connectivity index (χ2v) is 4.35. The molecular weight excluding hydrogens is 268 g/mol. The summed E-state index contributed by atoms with van der Waals surface area (Å²) in [6.07, 6.45) is 3.19. The van der Waals surface area contributed by atoms with Gasteiger partial charge in [0.15, 0.2) is 5.96 Å². The van der Waals surface area contributed by atoms with Gasteiger partial charge in [-0.05, 0) is 17.7 Å². The van der Waals surface area contributed by atoms with Crippen LogP contribution in [-0.4, -0.2) is 48.0 Å². The second-order valence-electron chi connectivity index (χ2n) is 4.35. The zero-order valence-electron chi connectivity index (χ0n) is 12.3. The third-order valence-corrected chi connectivity index (χ3v) is 2.90. The summed E-state index contributed by atoms with van der Waals surface area (Å²) < 4.78 is 6.71. The van der Waals surface area contributed by atoms with Crippen LogP contribution in [-0.2, 0) is 11.3 Å². The van der Waals surface area contributed by atoms with E-state index in [4.69, 9.17) is 4.74 Å². The molecule has 2 N–H and O–H groups in total. The smallest absolute Gasteiger partial charge is 0.191 e. The Labute approximate surface area is 124 Å². The molecule has 2 rings (SSSR count). The van der Waals surface area contributed by atoms with Crippen molar-refractivity contribution in [2.45, 2.75) is 6.54 Å². The van der Waals surface area contributed by atoms with Crippen molar-refractivity contribution < 1.29 is 4.74 Å². The van der Waals surface area contributed by atoms with Gasteiger partial charge < -0.3 is 15.4 Å². The number of nitrogens with zero attached hydrogens (tertiary/aromatic N) is 4. The summed E-state index contributed by atoms with van der Waals surface area (Å²) in [7, 11) is 3.42. The van der Waals surface area contributed by atoms with Gasteiger partial charge in [-0.15, -0.1) is 0 Å². The maximum absolute atomic E-state index is 4.99. The minimum Gasteiger partial charge on any atom is -0.383 e. The van der Waals surface area contributed by atoms with Gasteiger partial charge in [0.05, 0.1) is 12.3 Å². The maximum atomic E-state index is 4.99. The predicted molar refractivity (Wildman–Crippen MR) is 81.4 cm³/mol. The number of nitrogens with one attached hydrogen (secondary N) is 2. The first-order valence-electron chi connectivity index (χ1n) is 6.71. The molecule has 1 heterocycles. The van der Waals surface area contributed by atoms with E-state index >= 15 is 0 Å². The molecule has 7 nitrogen and oxygen atoms in total. The van der Waals surface area contributed by atoms with E-state index in [0.717, 1.165) is 23.8 Å². The molecular formula is C14H20N6O. The Balaban J connectivity index is 1.85. The van der Waals surface area contributed by atoms with Gasteiger partial charge in [0.25, 0.3) is 0 Å². The molecule has 0 radical (unpaired) electrons. The van der Waals surface area contributed by atoms with Crippen molar-refractivity contribution >= 4 is 5.96 Å². The lowest BCUT2D eigenvalue weighted by atomic mass is 10.2. The number of rotatable bonds is 6. The fourth-order valence-corrected chi connectivity index (χ4v) is 1.79. The van der Waals surface area contributed by atoms with Crippen molar-refractivity contribution in [2.24, 2.45) is 4.99 Å². The summed E-state index contributed by atoms with van der Waals surface area (Å²) in [4.78, 5) is 8.08. The SMILES string of the molecule is CN=C(NCCOC)NCc1ccc(-n2cncn2)cc1. The van der Waals surface area contributed by atoms with E-state index in [-0.39, 0.29) is 0 Å². The van der Waals surface area contributed by atoms with Crippen LogP contribution in [0.25, 0.3) is 5.69 Å². The number of methoxy groups -OCH3 is 1. The number of aromatic nitrogens is 3. The van der Waals surface area contributed by atoms with Crippen LogP contribution in [0.4, 0.5) is 0 Å². The summed E-state index contributed by atoms with van der Waals surface area (Å²) in [6, 6.07) is 8.11. The molecule has 0 amide bonds. The highest BCUT2D eigenvalue weighted by molar-refractivity contribution is 5.79. The van der Waals surface area contributed by atoms with Crippen molar-refractivity contribution in [3.8, 4) is 5.69 Å². The minimum absolute atomic E-state index is 0.646. The van der Waals surface area contributed by atoms with Gasteiger partial charge in [-0.25, -0.2) is 9.67 Å². The van der Waals surface area contributed by atoms with Crippen LogP contribution in [0.2, 0.25) is 0 Å². The van der Waals surface area contributed by atoms with Gasteiger partial charge >= 0.3 is 0 Å². The molecule has 112 valence electrons. The highest BCUT2D eigenvalue weighted by Gasteiger charge is 2.00. The van der Waals surface area contributed by atoms with E-state index in [2.05, 4.69) is 25.7 Å². The maximum Gasteiger partial charge on any atom is 0.191 e. The van der Waals surface area contributed by atoms with Gasteiger partial charge in [0, 0.05) is 27.2 Å². The molecule has 1 aromatic heterocycles. The Morgan fingerprint density at radius 2 is 2.10 bits per heavy atom. The lowest BCUT2D eigenvalue weighted by Gasteiger charge is -2.11. The van der Waals surface area contributed by atoms with E-state index in [0.29, 0.717) is 13.2 Å². The topological polar surface area (TPSA) is 76.4 Å². The fraction of sp³-hybridized carbons (Fsp3) is 0.357. The number of hydrogen-bond acceptors (Lipinski definition) is 4. The van der Waals surface area contributed by atoms with Crippen molar-refractivity contribution in [3.05, 3.63) is 42.5 Å². The minimum atomic E-state index is 0.646. The fourth-order valence-electron chi connectivity index (χ4n) is 1.79. The van der Waals surface area contributed by atoms with Crippen LogP contribution < -0.4 is 10.6 Å². The normalized spacial score (nSPS) is 11.4. The third-order valence-electron chi connectivity index (χ3n) is 2.90. The number of hydrogen-bond donors (Lipinski definition) is 2. The van der Waals surface area contributed by atoms with Crippen molar-refractivity contribution in [1.29, 1.82) is 0 Å². The molecule has 0 aliphatic carbocycles. The van der Waals surface area contributed by atoms with Crippen LogP contribution >= 0.6 is 0 Å². The Hall–Kier alpha value is -2.41. The summed E-state index contributed by atoms with van der Waals surface area (Å²) >= 11 is 0. The van der Waals surface area contributed by atoms with Crippen LogP contribution in [0.15, 0.2) is 41.9 Å². The highest BCUT2D eigenvalue weighted by Crippen LogP contribution is 2.07. The molecule has 0 saturated heterocycles. The van der Waals surface area contributed by atoms with Gasteiger partial charge in [0.1, 0.15) is 12.7 Å². The molecule has 21 heavy (non-hydrogen) atoms. The third kappa shape index (κ3) is 4.57. The van der Waals surface area contributed by atoms with Crippen LogP contribution in [0.3, 0.4) is 0 Å². The number of aliphatic imine (C=N–C) groups is 1. The molecule has 0 atom stereocenters. The summed E-state index contributed by atoms with van der Waals surface area (Å²) in [5.41, 5.74) is 2.15. The average Bonchev–Trinajstić information content (AvgIpc) is 3.06. The quantitative estimate of drug-likeness (QED) is 0.462. The van der Waals surface area contributed by atoms with E-state index < -0.39 is 0 Å². The molecule has 0 aliphatic heterocycles. The molecule has 1 aromatic carbocycles. The Morgan fingerprint density at radius 1 is 1.29 bits per heavy atom. The first-order valence-corrected chi connectivity index (χ1v) is 6.71. The van der Waals surface area contributed by atoms with E-state index in [1.807, 2.05) is 24.3 Å². The predicted octanol–water partition coefficient (Wildman–Crippen LogP) is 0.579. The lowest BCUT2D eigenvalue weighted by Crippen LogP contribution is -2.38.